The van der Waals surface area contributed by atoms with Gasteiger partial charge in [0, 0.05) is 12.7 Å². The molecule has 0 aliphatic heterocycles. The van der Waals surface area contributed by atoms with Crippen molar-refractivity contribution in [3.63, 3.8) is 0 Å². The SMILES string of the molecule is SCC1(Cn2cc(Cl)cn2)CCC1. The lowest BCUT2D eigenvalue weighted by Gasteiger charge is -2.40. The van der Waals surface area contributed by atoms with Gasteiger partial charge in [-0.2, -0.15) is 17.7 Å². The minimum atomic E-state index is 0.387. The summed E-state index contributed by atoms with van der Waals surface area (Å²) >= 11 is 10.2. The maximum atomic E-state index is 5.79. The van der Waals surface area contributed by atoms with Crippen molar-refractivity contribution in [3.05, 3.63) is 17.4 Å². The van der Waals surface area contributed by atoms with Crippen molar-refractivity contribution in [2.45, 2.75) is 25.8 Å². The number of nitrogens with zero attached hydrogens (tertiary/aromatic N) is 2. The molecule has 0 bridgehead atoms. The van der Waals surface area contributed by atoms with Crippen LogP contribution in [0.1, 0.15) is 19.3 Å². The summed E-state index contributed by atoms with van der Waals surface area (Å²) in [4.78, 5) is 0. The number of thiol groups is 1. The standard InChI is InChI=1S/C9H13ClN2S/c10-8-4-11-12(5-8)6-9(7-13)2-1-3-9/h4-5,13H,1-3,6-7H2. The quantitative estimate of drug-likeness (QED) is 0.770. The van der Waals surface area contributed by atoms with E-state index in [9.17, 15) is 0 Å². The molecule has 1 aromatic rings. The van der Waals surface area contributed by atoms with Crippen LogP contribution >= 0.6 is 24.2 Å². The molecule has 4 heteroatoms. The van der Waals surface area contributed by atoms with Crippen LogP contribution < -0.4 is 0 Å². The fourth-order valence-corrected chi connectivity index (χ4v) is 2.38. The first-order valence-electron chi connectivity index (χ1n) is 4.53. The summed E-state index contributed by atoms with van der Waals surface area (Å²) in [6, 6.07) is 0. The first kappa shape index (κ1) is 9.41. The highest BCUT2D eigenvalue weighted by molar-refractivity contribution is 7.80. The van der Waals surface area contributed by atoms with Gasteiger partial charge in [0.05, 0.1) is 11.2 Å². The molecular weight excluding hydrogens is 204 g/mol. The third kappa shape index (κ3) is 1.86. The molecule has 72 valence electrons. The molecule has 0 amide bonds. The Bertz CT molecular complexity index is 288. The van der Waals surface area contributed by atoms with Crippen LogP contribution in [0.2, 0.25) is 5.02 Å². The summed E-state index contributed by atoms with van der Waals surface area (Å²) in [5.41, 5.74) is 0.387. The predicted molar refractivity (Wildman–Crippen MR) is 57.4 cm³/mol. The van der Waals surface area contributed by atoms with Crippen LogP contribution in [0.4, 0.5) is 0 Å². The Morgan fingerprint density at radius 2 is 2.38 bits per heavy atom. The summed E-state index contributed by atoms with van der Waals surface area (Å²) < 4.78 is 1.93. The van der Waals surface area contributed by atoms with Crippen LogP contribution in [0.25, 0.3) is 0 Å². The minimum Gasteiger partial charge on any atom is -0.271 e. The molecule has 0 atom stereocenters. The number of halogens is 1. The average molecular weight is 217 g/mol. The van der Waals surface area contributed by atoms with Crippen LogP contribution in [0.15, 0.2) is 12.4 Å². The average Bonchev–Trinajstić information content (AvgIpc) is 2.44. The summed E-state index contributed by atoms with van der Waals surface area (Å²) in [5, 5.41) is 4.90. The molecule has 1 aromatic heterocycles. The molecule has 1 aliphatic rings. The zero-order chi connectivity index (χ0) is 9.31. The van der Waals surface area contributed by atoms with E-state index in [2.05, 4.69) is 17.7 Å². The zero-order valence-electron chi connectivity index (χ0n) is 7.41. The van der Waals surface area contributed by atoms with Gasteiger partial charge in [-0.25, -0.2) is 0 Å². The number of rotatable bonds is 3. The Morgan fingerprint density at radius 1 is 1.62 bits per heavy atom. The molecule has 0 unspecified atom stereocenters. The Labute approximate surface area is 88.7 Å². The lowest BCUT2D eigenvalue weighted by atomic mass is 9.70. The van der Waals surface area contributed by atoms with Gasteiger partial charge in [0.2, 0.25) is 0 Å². The van der Waals surface area contributed by atoms with Gasteiger partial charge in [0.15, 0.2) is 0 Å². The summed E-state index contributed by atoms with van der Waals surface area (Å²) in [6.45, 7) is 0.962. The molecule has 0 aromatic carbocycles. The van der Waals surface area contributed by atoms with Crippen LogP contribution in [0, 0.1) is 5.41 Å². The Kier molecular flexibility index (Phi) is 2.56. The molecule has 1 saturated carbocycles. The van der Waals surface area contributed by atoms with Crippen molar-refractivity contribution in [1.29, 1.82) is 0 Å². The molecule has 1 heterocycles. The van der Waals surface area contributed by atoms with Gasteiger partial charge in [-0.05, 0) is 24.0 Å². The van der Waals surface area contributed by atoms with Crippen molar-refractivity contribution >= 4 is 24.2 Å². The Morgan fingerprint density at radius 3 is 2.77 bits per heavy atom. The minimum absolute atomic E-state index is 0.387. The molecule has 1 aliphatic carbocycles. The maximum absolute atomic E-state index is 5.79. The van der Waals surface area contributed by atoms with Crippen molar-refractivity contribution in [2.75, 3.05) is 5.75 Å². The molecule has 1 fully saturated rings. The van der Waals surface area contributed by atoms with Gasteiger partial charge in [-0.1, -0.05) is 18.0 Å². The van der Waals surface area contributed by atoms with E-state index < -0.39 is 0 Å². The van der Waals surface area contributed by atoms with Gasteiger partial charge >= 0.3 is 0 Å². The highest BCUT2D eigenvalue weighted by Crippen LogP contribution is 2.43. The lowest BCUT2D eigenvalue weighted by Crippen LogP contribution is -2.36. The van der Waals surface area contributed by atoms with Crippen molar-refractivity contribution in [2.24, 2.45) is 5.41 Å². The highest BCUT2D eigenvalue weighted by atomic mass is 35.5. The van der Waals surface area contributed by atoms with E-state index in [0.717, 1.165) is 12.3 Å². The molecular formula is C9H13ClN2S. The largest absolute Gasteiger partial charge is 0.271 e. The fourth-order valence-electron chi connectivity index (χ4n) is 1.81. The normalized spacial score (nSPS) is 19.8. The van der Waals surface area contributed by atoms with Crippen LogP contribution in [-0.4, -0.2) is 15.5 Å². The third-order valence-electron chi connectivity index (χ3n) is 2.85. The lowest BCUT2D eigenvalue weighted by molar-refractivity contribution is 0.133. The molecule has 0 radical (unpaired) electrons. The van der Waals surface area contributed by atoms with Crippen molar-refractivity contribution in [3.8, 4) is 0 Å². The van der Waals surface area contributed by atoms with Crippen LogP contribution in [-0.2, 0) is 6.54 Å². The van der Waals surface area contributed by atoms with Gasteiger partial charge in [-0.15, -0.1) is 0 Å². The van der Waals surface area contributed by atoms with Crippen molar-refractivity contribution < 1.29 is 0 Å². The molecule has 0 saturated heterocycles. The van der Waals surface area contributed by atoms with E-state index in [1.807, 2.05) is 10.9 Å². The van der Waals surface area contributed by atoms with Crippen molar-refractivity contribution in [1.82, 2.24) is 9.78 Å². The third-order valence-corrected chi connectivity index (χ3v) is 3.71. The summed E-state index contributed by atoms with van der Waals surface area (Å²) in [5.74, 6) is 0.949. The molecule has 0 N–H and O–H groups in total. The highest BCUT2D eigenvalue weighted by Gasteiger charge is 2.36. The number of hydrogen-bond acceptors (Lipinski definition) is 2. The van der Waals surface area contributed by atoms with Crippen LogP contribution in [0.5, 0.6) is 0 Å². The van der Waals surface area contributed by atoms with E-state index in [0.29, 0.717) is 10.4 Å². The van der Waals surface area contributed by atoms with Gasteiger partial charge in [-0.3, -0.25) is 4.68 Å². The predicted octanol–water partition coefficient (Wildman–Crippen LogP) is 2.64. The first-order chi connectivity index (χ1) is 6.24. The summed E-state index contributed by atoms with van der Waals surface area (Å²) in [6.07, 6.45) is 7.44. The van der Waals surface area contributed by atoms with E-state index in [-0.39, 0.29) is 0 Å². The summed E-state index contributed by atoms with van der Waals surface area (Å²) in [7, 11) is 0. The van der Waals surface area contributed by atoms with Gasteiger partial charge < -0.3 is 0 Å². The first-order valence-corrected chi connectivity index (χ1v) is 5.54. The topological polar surface area (TPSA) is 17.8 Å². The van der Waals surface area contributed by atoms with E-state index >= 15 is 0 Å². The zero-order valence-corrected chi connectivity index (χ0v) is 9.06. The van der Waals surface area contributed by atoms with Gasteiger partial charge in [0.25, 0.3) is 0 Å². The second kappa shape index (κ2) is 3.54. The molecule has 13 heavy (non-hydrogen) atoms. The monoisotopic (exact) mass is 216 g/mol. The molecule has 2 nitrogen and oxygen atoms in total. The fraction of sp³-hybridized carbons (Fsp3) is 0.667. The molecule has 0 spiro atoms. The van der Waals surface area contributed by atoms with Crippen LogP contribution in [0.3, 0.4) is 0 Å². The van der Waals surface area contributed by atoms with E-state index in [4.69, 9.17) is 11.6 Å². The maximum Gasteiger partial charge on any atom is 0.0785 e. The van der Waals surface area contributed by atoms with E-state index in [1.165, 1.54) is 19.3 Å². The molecule has 2 rings (SSSR count). The van der Waals surface area contributed by atoms with E-state index in [1.54, 1.807) is 6.20 Å². The van der Waals surface area contributed by atoms with Gasteiger partial charge in [0.1, 0.15) is 0 Å². The smallest absolute Gasteiger partial charge is 0.0785 e. The second-order valence-electron chi connectivity index (χ2n) is 3.87. The number of hydrogen-bond donors (Lipinski definition) is 1. The Balaban J connectivity index is 2.04. The second-order valence-corrected chi connectivity index (χ2v) is 4.62. The number of aromatic nitrogens is 2. The Hall–Kier alpha value is -0.150.